The second-order valence-electron chi connectivity index (χ2n) is 5.14. The van der Waals surface area contributed by atoms with E-state index < -0.39 is 0 Å². The van der Waals surface area contributed by atoms with E-state index in [9.17, 15) is 4.79 Å². The van der Waals surface area contributed by atoms with Crippen LogP contribution in [0.5, 0.6) is 11.7 Å². The predicted molar refractivity (Wildman–Crippen MR) is 78.6 cm³/mol. The molecule has 1 saturated heterocycles. The Morgan fingerprint density at radius 2 is 2.10 bits per heavy atom. The third-order valence-corrected chi connectivity index (χ3v) is 3.41. The molecule has 0 radical (unpaired) electrons. The van der Waals surface area contributed by atoms with E-state index in [4.69, 9.17) is 9.15 Å². The molecular formula is C16H18N2O3. The molecule has 1 N–H and O–H groups in total. The molecule has 1 aromatic heterocycles. The number of nitrogens with zero attached hydrogens (tertiary/aromatic N) is 1. The summed E-state index contributed by atoms with van der Waals surface area (Å²) in [6, 6.07) is 13.0. The number of hydrogen-bond acceptors (Lipinski definition) is 4. The van der Waals surface area contributed by atoms with Gasteiger partial charge in [-0.2, -0.15) is 0 Å². The number of hydrogen-bond donors (Lipinski definition) is 1. The van der Waals surface area contributed by atoms with E-state index >= 15 is 0 Å². The predicted octanol–water partition coefficient (Wildman–Crippen LogP) is 2.51. The summed E-state index contributed by atoms with van der Waals surface area (Å²) in [6.07, 6.45) is 0. The number of carbonyl (C=O) groups is 1. The Kier molecular flexibility index (Phi) is 3.92. The summed E-state index contributed by atoms with van der Waals surface area (Å²) in [6.45, 7) is 4.25. The molecule has 5 heteroatoms. The van der Waals surface area contributed by atoms with E-state index in [0.29, 0.717) is 36.6 Å². The Hall–Kier alpha value is -2.27. The van der Waals surface area contributed by atoms with Crippen LogP contribution in [0.15, 0.2) is 46.9 Å². The van der Waals surface area contributed by atoms with Crippen molar-refractivity contribution in [2.24, 2.45) is 0 Å². The largest absolute Gasteiger partial charge is 0.426 e. The Morgan fingerprint density at radius 3 is 2.86 bits per heavy atom. The third kappa shape index (κ3) is 3.25. The molecule has 0 saturated carbocycles. The lowest BCUT2D eigenvalue weighted by Gasteiger charge is -2.31. The van der Waals surface area contributed by atoms with Gasteiger partial charge in [0.25, 0.3) is 11.9 Å². The zero-order valence-corrected chi connectivity index (χ0v) is 11.9. The molecule has 2 heterocycles. The topological polar surface area (TPSA) is 54.7 Å². The molecule has 1 aromatic carbocycles. The third-order valence-electron chi connectivity index (χ3n) is 3.41. The first-order valence-corrected chi connectivity index (χ1v) is 7.08. The second kappa shape index (κ2) is 6.01. The standard InChI is InChI=1S/C16H18N2O3/c1-12-11-18(10-9-17-12)16(19)14-7-8-15(21-14)20-13-5-3-2-4-6-13/h2-8,12,17H,9-11H2,1H3. The van der Waals surface area contributed by atoms with Crippen LogP contribution >= 0.6 is 0 Å². The number of piperazine rings is 1. The average molecular weight is 286 g/mol. The molecule has 110 valence electrons. The van der Waals surface area contributed by atoms with Gasteiger partial charge in [-0.25, -0.2) is 0 Å². The normalized spacial score (nSPS) is 18.5. The maximum absolute atomic E-state index is 12.4. The van der Waals surface area contributed by atoms with Gasteiger partial charge >= 0.3 is 0 Å². The summed E-state index contributed by atoms with van der Waals surface area (Å²) in [5, 5.41) is 3.31. The molecule has 5 nitrogen and oxygen atoms in total. The van der Waals surface area contributed by atoms with Gasteiger partial charge in [-0.05, 0) is 25.1 Å². The summed E-state index contributed by atoms with van der Waals surface area (Å²) in [7, 11) is 0. The van der Waals surface area contributed by atoms with Gasteiger partial charge in [0.2, 0.25) is 0 Å². The highest BCUT2D eigenvalue weighted by atomic mass is 16.6. The van der Waals surface area contributed by atoms with Crippen LogP contribution in [-0.4, -0.2) is 36.5 Å². The molecule has 1 aliphatic rings. The van der Waals surface area contributed by atoms with Crippen LogP contribution in [0.4, 0.5) is 0 Å². The SMILES string of the molecule is CC1CN(C(=O)c2ccc(Oc3ccccc3)o2)CCN1. The number of rotatable bonds is 3. The lowest BCUT2D eigenvalue weighted by atomic mass is 10.2. The summed E-state index contributed by atoms with van der Waals surface area (Å²) in [5.74, 6) is 1.23. The average Bonchev–Trinajstić information content (AvgIpc) is 2.96. The minimum absolute atomic E-state index is 0.0914. The summed E-state index contributed by atoms with van der Waals surface area (Å²) in [4.78, 5) is 14.2. The van der Waals surface area contributed by atoms with Crippen molar-refractivity contribution in [3.05, 3.63) is 48.2 Å². The van der Waals surface area contributed by atoms with Crippen molar-refractivity contribution < 1.29 is 13.9 Å². The molecule has 2 aromatic rings. The molecule has 0 bridgehead atoms. The number of carbonyl (C=O) groups excluding carboxylic acids is 1. The highest BCUT2D eigenvalue weighted by Crippen LogP contribution is 2.24. The molecule has 0 spiro atoms. The van der Waals surface area contributed by atoms with Crippen LogP contribution < -0.4 is 10.1 Å². The zero-order chi connectivity index (χ0) is 14.7. The van der Waals surface area contributed by atoms with Crippen LogP contribution in [-0.2, 0) is 0 Å². The quantitative estimate of drug-likeness (QED) is 0.942. The summed E-state index contributed by atoms with van der Waals surface area (Å²) in [5.41, 5.74) is 0. The minimum Gasteiger partial charge on any atom is -0.426 e. The van der Waals surface area contributed by atoms with E-state index in [2.05, 4.69) is 12.2 Å². The van der Waals surface area contributed by atoms with Gasteiger partial charge in [-0.1, -0.05) is 18.2 Å². The van der Waals surface area contributed by atoms with Crippen molar-refractivity contribution in [1.29, 1.82) is 0 Å². The molecule has 3 rings (SSSR count). The Bertz CT molecular complexity index is 609. The fourth-order valence-electron chi connectivity index (χ4n) is 2.37. The number of ether oxygens (including phenoxy) is 1. The Balaban J connectivity index is 1.68. The van der Waals surface area contributed by atoms with Crippen molar-refractivity contribution in [3.63, 3.8) is 0 Å². The van der Waals surface area contributed by atoms with E-state index in [1.807, 2.05) is 30.3 Å². The highest BCUT2D eigenvalue weighted by molar-refractivity contribution is 5.91. The maximum Gasteiger partial charge on any atom is 0.290 e. The smallest absolute Gasteiger partial charge is 0.290 e. The van der Waals surface area contributed by atoms with Crippen LogP contribution in [0.25, 0.3) is 0 Å². The van der Waals surface area contributed by atoms with Crippen molar-refractivity contribution in [1.82, 2.24) is 10.2 Å². The molecule has 1 unspecified atom stereocenters. The highest BCUT2D eigenvalue weighted by Gasteiger charge is 2.24. The lowest BCUT2D eigenvalue weighted by Crippen LogP contribution is -2.51. The van der Waals surface area contributed by atoms with Gasteiger partial charge in [0.1, 0.15) is 5.75 Å². The Labute approximate surface area is 123 Å². The molecule has 1 aliphatic heterocycles. The molecule has 0 aliphatic carbocycles. The second-order valence-corrected chi connectivity index (χ2v) is 5.14. The fourth-order valence-corrected chi connectivity index (χ4v) is 2.37. The van der Waals surface area contributed by atoms with Crippen LogP contribution in [0.2, 0.25) is 0 Å². The Morgan fingerprint density at radius 1 is 1.29 bits per heavy atom. The minimum atomic E-state index is -0.0914. The number of furan rings is 1. The van der Waals surface area contributed by atoms with Crippen molar-refractivity contribution in [2.45, 2.75) is 13.0 Å². The fraction of sp³-hybridized carbons (Fsp3) is 0.312. The van der Waals surface area contributed by atoms with Crippen molar-refractivity contribution in [3.8, 4) is 11.7 Å². The maximum atomic E-state index is 12.4. The molecule has 21 heavy (non-hydrogen) atoms. The number of para-hydroxylation sites is 1. The van der Waals surface area contributed by atoms with Crippen molar-refractivity contribution in [2.75, 3.05) is 19.6 Å². The van der Waals surface area contributed by atoms with E-state index in [1.165, 1.54) is 0 Å². The molecule has 1 fully saturated rings. The van der Waals surface area contributed by atoms with Crippen molar-refractivity contribution >= 4 is 5.91 Å². The monoisotopic (exact) mass is 286 g/mol. The van der Waals surface area contributed by atoms with Gasteiger partial charge in [0, 0.05) is 31.7 Å². The number of nitrogens with one attached hydrogen (secondary N) is 1. The number of amides is 1. The number of benzene rings is 1. The first kappa shape index (κ1) is 13.7. The van der Waals surface area contributed by atoms with Gasteiger partial charge in [0.15, 0.2) is 5.76 Å². The molecule has 1 amide bonds. The van der Waals surface area contributed by atoms with Gasteiger partial charge in [-0.15, -0.1) is 0 Å². The van der Waals surface area contributed by atoms with Gasteiger partial charge < -0.3 is 19.4 Å². The summed E-state index contributed by atoms with van der Waals surface area (Å²) >= 11 is 0. The van der Waals surface area contributed by atoms with E-state index in [-0.39, 0.29) is 5.91 Å². The van der Waals surface area contributed by atoms with E-state index in [0.717, 1.165) is 6.54 Å². The lowest BCUT2D eigenvalue weighted by molar-refractivity contribution is 0.0672. The first-order valence-electron chi connectivity index (χ1n) is 7.08. The first-order chi connectivity index (χ1) is 10.2. The zero-order valence-electron chi connectivity index (χ0n) is 11.9. The van der Waals surface area contributed by atoms with Crippen LogP contribution in [0.1, 0.15) is 17.5 Å². The van der Waals surface area contributed by atoms with Crippen LogP contribution in [0, 0.1) is 0 Å². The van der Waals surface area contributed by atoms with E-state index in [1.54, 1.807) is 17.0 Å². The van der Waals surface area contributed by atoms with Gasteiger partial charge in [-0.3, -0.25) is 4.79 Å². The molecular weight excluding hydrogens is 268 g/mol. The van der Waals surface area contributed by atoms with Crippen LogP contribution in [0.3, 0.4) is 0 Å². The summed E-state index contributed by atoms with van der Waals surface area (Å²) < 4.78 is 11.1. The molecule has 1 atom stereocenters. The van der Waals surface area contributed by atoms with Gasteiger partial charge in [0.05, 0.1) is 0 Å².